The van der Waals surface area contributed by atoms with E-state index >= 15 is 0 Å². The van der Waals surface area contributed by atoms with Crippen LogP contribution in [0.3, 0.4) is 0 Å². The Kier molecular flexibility index (Phi) is 4.86. The zero-order valence-corrected chi connectivity index (χ0v) is 16.3. The van der Waals surface area contributed by atoms with Crippen molar-refractivity contribution in [2.45, 2.75) is 45.4 Å². The number of benzene rings is 1. The molecular formula is C21H23N5O2. The molecular weight excluding hydrogens is 354 g/mol. The number of hydrogen-bond donors (Lipinski definition) is 0. The summed E-state index contributed by atoms with van der Waals surface area (Å²) in [5.41, 5.74) is 2.79. The van der Waals surface area contributed by atoms with E-state index in [1.54, 1.807) is 6.92 Å². The van der Waals surface area contributed by atoms with Gasteiger partial charge in [-0.15, -0.1) is 0 Å². The quantitative estimate of drug-likeness (QED) is 0.676. The van der Waals surface area contributed by atoms with Gasteiger partial charge in [0, 0.05) is 31.8 Å². The van der Waals surface area contributed by atoms with Crippen molar-refractivity contribution >= 4 is 5.88 Å². The van der Waals surface area contributed by atoms with Gasteiger partial charge in [-0.3, -0.25) is 0 Å². The van der Waals surface area contributed by atoms with Crippen molar-refractivity contribution in [3.8, 4) is 6.07 Å². The fraction of sp³-hybridized carbons (Fsp3) is 0.429. The van der Waals surface area contributed by atoms with E-state index in [0.717, 1.165) is 31.8 Å². The van der Waals surface area contributed by atoms with Crippen LogP contribution in [0.15, 0.2) is 33.2 Å². The van der Waals surface area contributed by atoms with Crippen molar-refractivity contribution in [2.75, 3.05) is 18.0 Å². The average Bonchev–Trinajstić information content (AvgIpc) is 3.35. The molecule has 0 radical (unpaired) electrons. The number of nitrogens with zero attached hydrogens (tertiary/aromatic N) is 5. The first-order valence-corrected chi connectivity index (χ1v) is 9.58. The average molecular weight is 377 g/mol. The van der Waals surface area contributed by atoms with Crippen LogP contribution in [-0.2, 0) is 0 Å². The predicted molar refractivity (Wildman–Crippen MR) is 103 cm³/mol. The lowest BCUT2D eigenvalue weighted by Gasteiger charge is -2.29. The molecule has 28 heavy (non-hydrogen) atoms. The van der Waals surface area contributed by atoms with Crippen LogP contribution in [0.1, 0.15) is 66.0 Å². The maximum absolute atomic E-state index is 9.23. The van der Waals surface area contributed by atoms with Crippen LogP contribution in [0.4, 0.5) is 5.88 Å². The number of hydrogen-bond acceptors (Lipinski definition) is 7. The Hall–Kier alpha value is -3.14. The molecule has 0 aliphatic carbocycles. The van der Waals surface area contributed by atoms with E-state index in [2.05, 4.69) is 47.1 Å². The Morgan fingerprint density at radius 1 is 1.18 bits per heavy atom. The van der Waals surface area contributed by atoms with E-state index in [9.17, 15) is 5.26 Å². The summed E-state index contributed by atoms with van der Waals surface area (Å²) in [5.74, 6) is 2.82. The summed E-state index contributed by atoms with van der Waals surface area (Å²) < 4.78 is 11.2. The SMILES string of the molecule is Cc1nc(C#N)c(N2CCC(c3nc([C@H](C)c4ccccc4C)no3)CC2)o1. The molecule has 1 aliphatic heterocycles. The number of rotatable bonds is 4. The molecule has 7 heteroatoms. The highest BCUT2D eigenvalue weighted by Gasteiger charge is 2.29. The van der Waals surface area contributed by atoms with Crippen molar-refractivity contribution in [2.24, 2.45) is 0 Å². The molecule has 0 saturated carbocycles. The van der Waals surface area contributed by atoms with Crippen molar-refractivity contribution in [1.82, 2.24) is 15.1 Å². The number of nitriles is 1. The minimum absolute atomic E-state index is 0.0918. The van der Waals surface area contributed by atoms with Gasteiger partial charge < -0.3 is 13.8 Å². The standard InChI is InChI=1S/C21H23N5O2/c1-13-6-4-5-7-17(13)14(2)19-24-20(28-25-19)16-8-10-26(11-9-16)21-18(12-22)23-15(3)27-21/h4-7,14,16H,8-11H2,1-3H3/t14-/m1/s1. The molecule has 0 amide bonds. The van der Waals surface area contributed by atoms with Crippen LogP contribution in [0.25, 0.3) is 0 Å². The summed E-state index contributed by atoms with van der Waals surface area (Å²) in [5, 5.41) is 13.5. The molecule has 4 rings (SSSR count). The molecule has 2 aromatic heterocycles. The number of aryl methyl sites for hydroxylation is 2. The summed E-state index contributed by atoms with van der Waals surface area (Å²) in [7, 11) is 0. The maximum Gasteiger partial charge on any atom is 0.234 e. The van der Waals surface area contributed by atoms with Crippen LogP contribution in [0.2, 0.25) is 0 Å². The lowest BCUT2D eigenvalue weighted by atomic mass is 9.95. The smallest absolute Gasteiger partial charge is 0.234 e. The van der Waals surface area contributed by atoms with Gasteiger partial charge in [-0.1, -0.05) is 36.3 Å². The normalized spacial score (nSPS) is 16.1. The molecule has 3 heterocycles. The van der Waals surface area contributed by atoms with Crippen LogP contribution < -0.4 is 4.90 Å². The van der Waals surface area contributed by atoms with Gasteiger partial charge in [0.15, 0.2) is 11.7 Å². The highest BCUT2D eigenvalue weighted by molar-refractivity contribution is 5.48. The van der Waals surface area contributed by atoms with Gasteiger partial charge >= 0.3 is 0 Å². The summed E-state index contributed by atoms with van der Waals surface area (Å²) in [6, 6.07) is 10.4. The molecule has 0 unspecified atom stereocenters. The maximum atomic E-state index is 9.23. The lowest BCUT2D eigenvalue weighted by Crippen LogP contribution is -2.33. The first-order valence-electron chi connectivity index (χ1n) is 9.58. The van der Waals surface area contributed by atoms with Gasteiger partial charge in [0.05, 0.1) is 0 Å². The molecule has 0 spiro atoms. The van der Waals surface area contributed by atoms with E-state index in [1.807, 2.05) is 12.1 Å². The lowest BCUT2D eigenvalue weighted by molar-refractivity contribution is 0.323. The molecule has 7 nitrogen and oxygen atoms in total. The second-order valence-electron chi connectivity index (χ2n) is 7.33. The van der Waals surface area contributed by atoms with Crippen LogP contribution in [-0.4, -0.2) is 28.2 Å². The van der Waals surface area contributed by atoms with Crippen LogP contribution >= 0.6 is 0 Å². The van der Waals surface area contributed by atoms with Gasteiger partial charge in [0.1, 0.15) is 6.07 Å². The number of piperidine rings is 1. The summed E-state index contributed by atoms with van der Waals surface area (Å²) in [6.07, 6.45) is 1.73. The molecule has 1 saturated heterocycles. The number of anilines is 1. The Morgan fingerprint density at radius 3 is 2.64 bits per heavy atom. The fourth-order valence-electron chi connectivity index (χ4n) is 3.83. The van der Waals surface area contributed by atoms with Crippen molar-refractivity contribution in [3.63, 3.8) is 0 Å². The van der Waals surface area contributed by atoms with E-state index in [-0.39, 0.29) is 11.8 Å². The zero-order chi connectivity index (χ0) is 19.7. The monoisotopic (exact) mass is 377 g/mol. The number of oxazole rings is 1. The molecule has 1 aromatic carbocycles. The molecule has 0 bridgehead atoms. The molecule has 0 N–H and O–H groups in total. The fourth-order valence-corrected chi connectivity index (χ4v) is 3.83. The topological polar surface area (TPSA) is 92.0 Å². The van der Waals surface area contributed by atoms with Crippen molar-refractivity contribution in [1.29, 1.82) is 5.26 Å². The second-order valence-corrected chi connectivity index (χ2v) is 7.33. The Morgan fingerprint density at radius 2 is 1.93 bits per heavy atom. The molecule has 1 aliphatic rings. The van der Waals surface area contributed by atoms with Gasteiger partial charge in [-0.2, -0.15) is 10.2 Å². The summed E-state index contributed by atoms with van der Waals surface area (Å²) in [4.78, 5) is 10.9. The minimum atomic E-state index is 0.0918. The number of aromatic nitrogens is 3. The molecule has 3 aromatic rings. The van der Waals surface area contributed by atoms with Gasteiger partial charge in [0.2, 0.25) is 17.5 Å². The van der Waals surface area contributed by atoms with Crippen LogP contribution in [0.5, 0.6) is 0 Å². The summed E-state index contributed by atoms with van der Waals surface area (Å²) >= 11 is 0. The van der Waals surface area contributed by atoms with E-state index in [4.69, 9.17) is 13.9 Å². The van der Waals surface area contributed by atoms with E-state index < -0.39 is 0 Å². The van der Waals surface area contributed by atoms with Crippen LogP contribution in [0, 0.1) is 25.2 Å². The van der Waals surface area contributed by atoms with Gasteiger partial charge in [-0.25, -0.2) is 4.98 Å². The molecule has 1 atom stereocenters. The molecule has 144 valence electrons. The Bertz CT molecular complexity index is 1010. The first-order chi connectivity index (χ1) is 13.6. The third kappa shape index (κ3) is 3.38. The first kappa shape index (κ1) is 18.2. The zero-order valence-electron chi connectivity index (χ0n) is 16.3. The third-order valence-corrected chi connectivity index (χ3v) is 5.45. The Labute approximate surface area is 164 Å². The highest BCUT2D eigenvalue weighted by Crippen LogP contribution is 2.33. The predicted octanol–water partition coefficient (Wildman–Crippen LogP) is 4.08. The third-order valence-electron chi connectivity index (χ3n) is 5.45. The van der Waals surface area contributed by atoms with Gasteiger partial charge in [0.25, 0.3) is 0 Å². The highest BCUT2D eigenvalue weighted by atomic mass is 16.5. The minimum Gasteiger partial charge on any atom is -0.424 e. The van der Waals surface area contributed by atoms with E-state index in [0.29, 0.717) is 23.4 Å². The van der Waals surface area contributed by atoms with Crippen molar-refractivity contribution in [3.05, 3.63) is 58.7 Å². The van der Waals surface area contributed by atoms with Gasteiger partial charge in [-0.05, 0) is 30.9 Å². The molecule has 1 fully saturated rings. The Balaban J connectivity index is 1.45. The van der Waals surface area contributed by atoms with E-state index in [1.165, 1.54) is 11.1 Å². The largest absolute Gasteiger partial charge is 0.424 e. The van der Waals surface area contributed by atoms with Crippen molar-refractivity contribution < 1.29 is 8.94 Å². The second kappa shape index (κ2) is 7.47. The summed E-state index contributed by atoms with van der Waals surface area (Å²) in [6.45, 7) is 7.49.